The molecule has 156 valence electrons. The molecule has 0 unspecified atom stereocenters. The number of anilines is 2. The molecule has 0 bridgehead atoms. The standard InChI is InChI=1S/C20H15N5O5S/c1-30-13-5-6-15-14(8-13)16(18(26)22-15)17-19(27)24-10-23(9-21-20(24)31-17)11-3-2-4-12(7-11)25(28)29/h2-8H,9-10H2,1H3,(H,22,26). The van der Waals surface area contributed by atoms with E-state index < -0.39 is 4.92 Å². The van der Waals surface area contributed by atoms with Crippen molar-refractivity contribution in [1.29, 1.82) is 0 Å². The lowest BCUT2D eigenvalue weighted by atomic mass is 10.1. The van der Waals surface area contributed by atoms with E-state index in [9.17, 15) is 19.7 Å². The van der Waals surface area contributed by atoms with Crippen LogP contribution in [0.3, 0.4) is 0 Å². The number of rotatable bonds is 3. The Labute approximate surface area is 178 Å². The van der Waals surface area contributed by atoms with E-state index in [1.807, 2.05) is 0 Å². The minimum atomic E-state index is -0.466. The Morgan fingerprint density at radius 1 is 1.23 bits per heavy atom. The summed E-state index contributed by atoms with van der Waals surface area (Å²) in [6, 6.07) is 11.4. The summed E-state index contributed by atoms with van der Waals surface area (Å²) >= 11 is 1.16. The molecule has 1 aromatic heterocycles. The van der Waals surface area contributed by atoms with Gasteiger partial charge in [0.2, 0.25) is 0 Å². The molecule has 0 saturated carbocycles. The van der Waals surface area contributed by atoms with Gasteiger partial charge in [-0.25, -0.2) is 4.99 Å². The lowest BCUT2D eigenvalue weighted by Crippen LogP contribution is -2.43. The van der Waals surface area contributed by atoms with E-state index in [0.717, 1.165) is 11.3 Å². The van der Waals surface area contributed by atoms with Gasteiger partial charge in [-0.05, 0) is 24.3 Å². The van der Waals surface area contributed by atoms with E-state index in [2.05, 4.69) is 10.3 Å². The molecule has 1 amide bonds. The summed E-state index contributed by atoms with van der Waals surface area (Å²) < 4.78 is 7.02. The summed E-state index contributed by atoms with van der Waals surface area (Å²) in [6.45, 7) is 0.418. The lowest BCUT2D eigenvalue weighted by Gasteiger charge is -2.25. The highest BCUT2D eigenvalue weighted by molar-refractivity contribution is 7.07. The van der Waals surface area contributed by atoms with E-state index >= 15 is 0 Å². The zero-order chi connectivity index (χ0) is 21.7. The fraction of sp³-hybridized carbons (Fsp3) is 0.150. The number of nitro benzene ring substituents is 1. The zero-order valence-corrected chi connectivity index (χ0v) is 17.0. The van der Waals surface area contributed by atoms with E-state index in [0.29, 0.717) is 37.6 Å². The van der Waals surface area contributed by atoms with E-state index in [1.54, 1.807) is 35.2 Å². The van der Waals surface area contributed by atoms with Crippen LogP contribution in [-0.4, -0.2) is 29.2 Å². The SMILES string of the molecule is COc1ccc2c(c1)C(=c1sc3n(c1=O)CN(c1cccc([N+](=O)[O-])c1)CN=3)C(=O)N2. The maximum Gasteiger partial charge on any atom is 0.272 e. The third-order valence-corrected chi connectivity index (χ3v) is 6.27. The Hall–Kier alpha value is -3.99. The molecular weight excluding hydrogens is 422 g/mol. The molecular formula is C20H15N5O5S. The molecule has 3 aromatic rings. The number of nitrogens with one attached hydrogen (secondary N) is 1. The van der Waals surface area contributed by atoms with Gasteiger partial charge in [-0.15, -0.1) is 0 Å². The van der Waals surface area contributed by atoms with Crippen LogP contribution in [0.25, 0.3) is 5.57 Å². The maximum absolute atomic E-state index is 13.2. The number of carbonyl (C=O) groups is 1. The number of aromatic nitrogens is 1. The summed E-state index contributed by atoms with van der Waals surface area (Å²) in [5.41, 5.74) is 1.74. The molecule has 1 N–H and O–H groups in total. The first-order chi connectivity index (χ1) is 15.0. The van der Waals surface area contributed by atoms with Gasteiger partial charge >= 0.3 is 0 Å². The number of amides is 1. The zero-order valence-electron chi connectivity index (χ0n) is 16.2. The number of methoxy groups -OCH3 is 1. The largest absolute Gasteiger partial charge is 0.497 e. The van der Waals surface area contributed by atoms with Gasteiger partial charge in [0.05, 0.1) is 17.6 Å². The molecule has 11 heteroatoms. The Balaban J connectivity index is 1.61. The van der Waals surface area contributed by atoms with Crippen molar-refractivity contribution in [2.45, 2.75) is 6.67 Å². The Bertz CT molecular complexity index is 1440. The normalized spacial score (nSPS) is 16.3. The van der Waals surface area contributed by atoms with Crippen LogP contribution in [0.15, 0.2) is 52.3 Å². The summed E-state index contributed by atoms with van der Waals surface area (Å²) in [4.78, 5) is 43.2. The number of nitrogens with zero attached hydrogens (tertiary/aromatic N) is 4. The molecule has 0 spiro atoms. The highest BCUT2D eigenvalue weighted by Gasteiger charge is 2.28. The molecule has 0 radical (unpaired) electrons. The van der Waals surface area contributed by atoms with Gasteiger partial charge in [0.15, 0.2) is 4.80 Å². The highest BCUT2D eigenvalue weighted by atomic mass is 32.1. The number of thiazole rings is 1. The van der Waals surface area contributed by atoms with Crippen molar-refractivity contribution < 1.29 is 14.5 Å². The average Bonchev–Trinajstić information content (AvgIpc) is 3.28. The second kappa shape index (κ2) is 7.06. The van der Waals surface area contributed by atoms with Crippen molar-refractivity contribution in [2.24, 2.45) is 4.99 Å². The summed E-state index contributed by atoms with van der Waals surface area (Å²) in [5.74, 6) is 0.228. The van der Waals surface area contributed by atoms with Crippen molar-refractivity contribution in [2.75, 3.05) is 24.0 Å². The van der Waals surface area contributed by atoms with Crippen molar-refractivity contribution >= 4 is 39.9 Å². The first kappa shape index (κ1) is 19.0. The van der Waals surface area contributed by atoms with Gasteiger partial charge in [0, 0.05) is 29.1 Å². The van der Waals surface area contributed by atoms with Crippen molar-refractivity contribution in [1.82, 2.24) is 4.57 Å². The quantitative estimate of drug-likeness (QED) is 0.483. The van der Waals surface area contributed by atoms with E-state index in [4.69, 9.17) is 4.74 Å². The van der Waals surface area contributed by atoms with Crippen molar-refractivity contribution in [3.05, 3.63) is 77.8 Å². The molecule has 5 rings (SSSR count). The number of benzene rings is 2. The lowest BCUT2D eigenvalue weighted by molar-refractivity contribution is -0.384. The average molecular weight is 437 g/mol. The number of nitro groups is 1. The predicted octanol–water partition coefficient (Wildman–Crippen LogP) is 1.03. The van der Waals surface area contributed by atoms with Crippen LogP contribution in [0.1, 0.15) is 5.56 Å². The van der Waals surface area contributed by atoms with Crippen LogP contribution >= 0.6 is 11.3 Å². The minimum Gasteiger partial charge on any atom is -0.497 e. The van der Waals surface area contributed by atoms with Gasteiger partial charge < -0.3 is 15.0 Å². The fourth-order valence-corrected chi connectivity index (χ4v) is 4.68. The molecule has 2 aliphatic rings. The molecule has 0 atom stereocenters. The Kier molecular flexibility index (Phi) is 4.33. The maximum atomic E-state index is 13.2. The highest BCUT2D eigenvalue weighted by Crippen LogP contribution is 2.33. The Morgan fingerprint density at radius 3 is 2.84 bits per heavy atom. The van der Waals surface area contributed by atoms with Gasteiger partial charge in [0.1, 0.15) is 23.6 Å². The van der Waals surface area contributed by atoms with E-state index in [1.165, 1.54) is 23.8 Å². The van der Waals surface area contributed by atoms with Gasteiger partial charge in [0.25, 0.3) is 17.2 Å². The number of hydrogen-bond acceptors (Lipinski definition) is 8. The number of ether oxygens (including phenoxy) is 1. The first-order valence-corrected chi connectivity index (χ1v) is 10.1. The van der Waals surface area contributed by atoms with Crippen LogP contribution in [-0.2, 0) is 11.5 Å². The first-order valence-electron chi connectivity index (χ1n) is 9.24. The fourth-order valence-electron chi connectivity index (χ4n) is 3.63. The van der Waals surface area contributed by atoms with Gasteiger partial charge in [-0.1, -0.05) is 17.4 Å². The third kappa shape index (κ3) is 3.06. The number of fused-ring (bicyclic) bond motifs is 2. The summed E-state index contributed by atoms with van der Waals surface area (Å²) in [6.07, 6.45) is 0. The Morgan fingerprint density at radius 2 is 2.06 bits per heavy atom. The number of carbonyl (C=O) groups excluding carboxylic acids is 1. The topological polar surface area (TPSA) is 119 Å². The van der Waals surface area contributed by atoms with Crippen LogP contribution < -0.4 is 29.8 Å². The van der Waals surface area contributed by atoms with Crippen LogP contribution in [0.2, 0.25) is 0 Å². The second-order valence-corrected chi connectivity index (χ2v) is 7.92. The molecule has 0 saturated heterocycles. The van der Waals surface area contributed by atoms with Gasteiger partial charge in [-0.2, -0.15) is 0 Å². The molecule has 0 fully saturated rings. The molecule has 31 heavy (non-hydrogen) atoms. The third-order valence-electron chi connectivity index (χ3n) is 5.16. The summed E-state index contributed by atoms with van der Waals surface area (Å²) in [7, 11) is 1.53. The van der Waals surface area contributed by atoms with E-state index in [-0.39, 0.29) is 30.5 Å². The molecule has 3 heterocycles. The summed E-state index contributed by atoms with van der Waals surface area (Å²) in [5, 5.41) is 13.9. The van der Waals surface area contributed by atoms with Crippen LogP contribution in [0, 0.1) is 10.1 Å². The predicted molar refractivity (Wildman–Crippen MR) is 114 cm³/mol. The smallest absolute Gasteiger partial charge is 0.272 e. The van der Waals surface area contributed by atoms with Crippen LogP contribution in [0.4, 0.5) is 17.1 Å². The number of hydrogen-bond donors (Lipinski definition) is 1. The minimum absolute atomic E-state index is 0.0367. The molecule has 10 nitrogen and oxygen atoms in total. The monoisotopic (exact) mass is 437 g/mol. The van der Waals surface area contributed by atoms with Crippen LogP contribution in [0.5, 0.6) is 5.75 Å². The number of non-ortho nitro benzene ring substituents is 1. The van der Waals surface area contributed by atoms with Crippen molar-refractivity contribution in [3.8, 4) is 5.75 Å². The molecule has 2 aliphatic heterocycles. The van der Waals surface area contributed by atoms with Crippen molar-refractivity contribution in [3.63, 3.8) is 0 Å². The van der Waals surface area contributed by atoms with Gasteiger partial charge in [-0.3, -0.25) is 24.3 Å². The molecule has 0 aliphatic carbocycles. The second-order valence-electron chi connectivity index (χ2n) is 6.95. The molecule has 2 aromatic carbocycles.